The molecule has 4 rings (SSSR count). The van der Waals surface area contributed by atoms with Gasteiger partial charge in [-0.1, -0.05) is 46.6 Å². The van der Waals surface area contributed by atoms with E-state index in [1.54, 1.807) is 0 Å². The van der Waals surface area contributed by atoms with Crippen LogP contribution in [-0.4, -0.2) is 47.1 Å². The summed E-state index contributed by atoms with van der Waals surface area (Å²) < 4.78 is 5.33. The van der Waals surface area contributed by atoms with Crippen molar-refractivity contribution in [3.63, 3.8) is 0 Å². The van der Waals surface area contributed by atoms with Gasteiger partial charge in [0, 0.05) is 55.3 Å². The summed E-state index contributed by atoms with van der Waals surface area (Å²) in [5, 5.41) is 4.77. The van der Waals surface area contributed by atoms with Gasteiger partial charge in [-0.15, -0.1) is 0 Å². The molecule has 6 nitrogen and oxygen atoms in total. The van der Waals surface area contributed by atoms with Gasteiger partial charge < -0.3 is 14.3 Å². The lowest BCUT2D eigenvalue weighted by Crippen LogP contribution is -2.48. The second-order valence-corrected chi connectivity index (χ2v) is 7.67. The van der Waals surface area contributed by atoms with E-state index in [1.165, 1.54) is 0 Å². The first-order valence-corrected chi connectivity index (χ1v) is 10.1. The molecular weight excluding hydrogens is 388 g/mol. The van der Waals surface area contributed by atoms with Crippen molar-refractivity contribution >= 4 is 23.2 Å². The number of hydrogen-bond acceptors (Lipinski definition) is 5. The van der Waals surface area contributed by atoms with Crippen molar-refractivity contribution in [3.05, 3.63) is 65.0 Å². The van der Waals surface area contributed by atoms with Crippen molar-refractivity contribution in [3.8, 4) is 11.4 Å². The Morgan fingerprint density at radius 2 is 1.90 bits per heavy atom. The summed E-state index contributed by atoms with van der Waals surface area (Å²) in [5.41, 5.74) is 3.16. The maximum atomic E-state index is 12.6. The molecule has 0 atom stereocenters. The van der Waals surface area contributed by atoms with Crippen molar-refractivity contribution < 1.29 is 9.32 Å². The zero-order valence-electron chi connectivity index (χ0n) is 16.3. The molecule has 0 saturated carbocycles. The summed E-state index contributed by atoms with van der Waals surface area (Å²) in [7, 11) is 0. The van der Waals surface area contributed by atoms with Gasteiger partial charge in [0.1, 0.15) is 0 Å². The van der Waals surface area contributed by atoms with Gasteiger partial charge in [0.2, 0.25) is 17.6 Å². The predicted octanol–water partition coefficient (Wildman–Crippen LogP) is 3.98. The van der Waals surface area contributed by atoms with Crippen molar-refractivity contribution in [1.82, 2.24) is 15.0 Å². The Balaban J connectivity index is 1.29. The number of anilines is 1. The Labute approximate surface area is 175 Å². The number of rotatable bonds is 5. The van der Waals surface area contributed by atoms with Gasteiger partial charge in [-0.3, -0.25) is 4.79 Å². The molecule has 2 heterocycles. The molecule has 1 fully saturated rings. The number of piperazine rings is 1. The monoisotopic (exact) mass is 410 g/mol. The fraction of sp³-hybridized carbons (Fsp3) is 0.318. The average Bonchev–Trinajstić information content (AvgIpc) is 3.21. The van der Waals surface area contributed by atoms with E-state index in [2.05, 4.69) is 15.0 Å². The molecular formula is C22H23ClN4O2. The van der Waals surface area contributed by atoms with E-state index in [0.717, 1.165) is 34.9 Å². The molecule has 7 heteroatoms. The number of carbonyl (C=O) groups excluding carboxylic acids is 1. The first kappa shape index (κ1) is 19.5. The second-order valence-electron chi connectivity index (χ2n) is 7.23. The Morgan fingerprint density at radius 3 is 2.66 bits per heavy atom. The van der Waals surface area contributed by atoms with Gasteiger partial charge in [-0.05, 0) is 31.2 Å². The molecule has 1 amide bonds. The van der Waals surface area contributed by atoms with E-state index in [0.29, 0.717) is 37.6 Å². The minimum absolute atomic E-state index is 0.117. The highest BCUT2D eigenvalue weighted by Gasteiger charge is 2.22. The number of hydrogen-bond donors (Lipinski definition) is 0. The van der Waals surface area contributed by atoms with Crippen LogP contribution in [0.1, 0.15) is 17.9 Å². The largest absolute Gasteiger partial charge is 0.368 e. The number of aromatic nitrogens is 2. The van der Waals surface area contributed by atoms with Crippen LogP contribution in [0.2, 0.25) is 5.02 Å². The van der Waals surface area contributed by atoms with Gasteiger partial charge >= 0.3 is 0 Å². The SMILES string of the molecule is Cc1cccc(-c2noc(CCC(=O)N3CCN(c4cccc(Cl)c4)CC3)n2)c1. The van der Waals surface area contributed by atoms with Gasteiger partial charge in [-0.25, -0.2) is 0 Å². The van der Waals surface area contributed by atoms with E-state index < -0.39 is 0 Å². The molecule has 2 aromatic carbocycles. The molecule has 1 aliphatic rings. The van der Waals surface area contributed by atoms with Crippen molar-refractivity contribution in [2.24, 2.45) is 0 Å². The standard InChI is InChI=1S/C22H23ClN4O2/c1-16-4-2-5-17(14-16)22-24-20(29-25-22)8-9-21(28)27-12-10-26(11-13-27)19-7-3-6-18(23)15-19/h2-7,14-15H,8-13H2,1H3. The summed E-state index contributed by atoms with van der Waals surface area (Å²) in [6, 6.07) is 15.8. The highest BCUT2D eigenvalue weighted by molar-refractivity contribution is 6.30. The Hall–Kier alpha value is -2.86. The van der Waals surface area contributed by atoms with Crippen LogP contribution < -0.4 is 4.90 Å². The number of halogens is 1. The molecule has 0 aliphatic carbocycles. The van der Waals surface area contributed by atoms with Gasteiger partial charge in [0.15, 0.2) is 0 Å². The van der Waals surface area contributed by atoms with E-state index in [-0.39, 0.29) is 5.91 Å². The van der Waals surface area contributed by atoms with E-state index >= 15 is 0 Å². The topological polar surface area (TPSA) is 62.5 Å². The lowest BCUT2D eigenvalue weighted by atomic mass is 10.1. The zero-order valence-corrected chi connectivity index (χ0v) is 17.1. The van der Waals surface area contributed by atoms with Crippen LogP contribution in [0.5, 0.6) is 0 Å². The zero-order chi connectivity index (χ0) is 20.2. The lowest BCUT2D eigenvalue weighted by Gasteiger charge is -2.36. The molecule has 3 aromatic rings. The van der Waals surface area contributed by atoms with Crippen molar-refractivity contribution in [1.29, 1.82) is 0 Å². The van der Waals surface area contributed by atoms with Crippen LogP contribution in [0, 0.1) is 6.92 Å². The first-order chi connectivity index (χ1) is 14.1. The molecule has 0 radical (unpaired) electrons. The fourth-order valence-electron chi connectivity index (χ4n) is 3.52. The molecule has 0 spiro atoms. The summed E-state index contributed by atoms with van der Waals surface area (Å²) in [4.78, 5) is 21.2. The molecule has 1 saturated heterocycles. The van der Waals surface area contributed by atoms with Crippen molar-refractivity contribution in [2.45, 2.75) is 19.8 Å². The molecule has 1 aliphatic heterocycles. The van der Waals surface area contributed by atoms with E-state index in [9.17, 15) is 4.79 Å². The van der Waals surface area contributed by atoms with Crippen LogP contribution in [0.4, 0.5) is 5.69 Å². The maximum Gasteiger partial charge on any atom is 0.227 e. The van der Waals surface area contributed by atoms with E-state index in [1.807, 2.05) is 60.4 Å². The third-order valence-electron chi connectivity index (χ3n) is 5.10. The van der Waals surface area contributed by atoms with Crippen LogP contribution in [0.25, 0.3) is 11.4 Å². The molecule has 0 unspecified atom stereocenters. The normalized spacial score (nSPS) is 14.3. The molecule has 1 aromatic heterocycles. The molecule has 150 valence electrons. The summed E-state index contributed by atoms with van der Waals surface area (Å²) in [5.74, 6) is 1.17. The van der Waals surface area contributed by atoms with Crippen molar-refractivity contribution in [2.75, 3.05) is 31.1 Å². The molecule has 0 bridgehead atoms. The van der Waals surface area contributed by atoms with Crippen LogP contribution in [0.15, 0.2) is 53.1 Å². The number of aryl methyl sites for hydroxylation is 2. The minimum atomic E-state index is 0.117. The number of amides is 1. The van der Waals surface area contributed by atoms with Crippen LogP contribution >= 0.6 is 11.6 Å². The fourth-order valence-corrected chi connectivity index (χ4v) is 3.70. The highest BCUT2D eigenvalue weighted by Crippen LogP contribution is 2.21. The van der Waals surface area contributed by atoms with Gasteiger partial charge in [0.25, 0.3) is 0 Å². The third-order valence-corrected chi connectivity index (χ3v) is 5.34. The second kappa shape index (κ2) is 8.66. The molecule has 29 heavy (non-hydrogen) atoms. The summed E-state index contributed by atoms with van der Waals surface area (Å²) in [6.45, 7) is 5.01. The smallest absolute Gasteiger partial charge is 0.227 e. The number of nitrogens with zero attached hydrogens (tertiary/aromatic N) is 4. The van der Waals surface area contributed by atoms with Crippen LogP contribution in [-0.2, 0) is 11.2 Å². The Kier molecular flexibility index (Phi) is 5.81. The van der Waals surface area contributed by atoms with Crippen LogP contribution in [0.3, 0.4) is 0 Å². The first-order valence-electron chi connectivity index (χ1n) is 9.76. The number of carbonyl (C=O) groups is 1. The highest BCUT2D eigenvalue weighted by atomic mass is 35.5. The summed E-state index contributed by atoms with van der Waals surface area (Å²) in [6.07, 6.45) is 0.818. The Morgan fingerprint density at radius 1 is 1.10 bits per heavy atom. The van der Waals surface area contributed by atoms with E-state index in [4.69, 9.17) is 16.1 Å². The minimum Gasteiger partial charge on any atom is -0.368 e. The molecule has 0 N–H and O–H groups in total. The quantitative estimate of drug-likeness (QED) is 0.636. The predicted molar refractivity (Wildman–Crippen MR) is 113 cm³/mol. The summed E-state index contributed by atoms with van der Waals surface area (Å²) >= 11 is 6.08. The average molecular weight is 411 g/mol. The van der Waals surface area contributed by atoms with Gasteiger partial charge in [-0.2, -0.15) is 4.98 Å². The lowest BCUT2D eigenvalue weighted by molar-refractivity contribution is -0.131. The maximum absolute atomic E-state index is 12.6. The third kappa shape index (κ3) is 4.77. The van der Waals surface area contributed by atoms with Gasteiger partial charge in [0.05, 0.1) is 0 Å². The Bertz CT molecular complexity index is 996. The number of benzene rings is 2.